The number of carboxylic acids is 1. The Kier molecular flexibility index (Phi) is 3.44. The zero-order valence-electron chi connectivity index (χ0n) is 11.1. The molecule has 1 saturated heterocycles. The molecule has 1 unspecified atom stereocenters. The summed E-state index contributed by atoms with van der Waals surface area (Å²) < 4.78 is 0. The first-order chi connectivity index (χ1) is 9.31. The summed E-state index contributed by atoms with van der Waals surface area (Å²) in [6.07, 6.45) is -0.0365. The molecular formula is C13H14N2O5. The van der Waals surface area contributed by atoms with Gasteiger partial charge in [-0.05, 0) is 25.0 Å². The SMILES string of the molecule is Cc1cc([N+](=O)[O-])cc(C)c1N1CC(C(=O)O)CC1=O. The zero-order valence-corrected chi connectivity index (χ0v) is 11.1. The number of nitro groups is 1. The average Bonchev–Trinajstić information content (AvgIpc) is 2.70. The third kappa shape index (κ3) is 2.34. The number of anilines is 1. The Balaban J connectivity index is 2.41. The summed E-state index contributed by atoms with van der Waals surface area (Å²) in [4.78, 5) is 34.6. The quantitative estimate of drug-likeness (QED) is 0.669. The number of benzene rings is 1. The van der Waals surface area contributed by atoms with E-state index in [0.29, 0.717) is 16.8 Å². The third-order valence-electron chi connectivity index (χ3n) is 3.43. The van der Waals surface area contributed by atoms with Gasteiger partial charge in [0.05, 0.1) is 10.8 Å². The number of amides is 1. The van der Waals surface area contributed by atoms with Crippen molar-refractivity contribution in [3.05, 3.63) is 33.4 Å². The molecule has 0 aromatic heterocycles. The van der Waals surface area contributed by atoms with Gasteiger partial charge in [-0.1, -0.05) is 0 Å². The number of nitro benzene ring substituents is 1. The number of nitrogens with zero attached hydrogens (tertiary/aromatic N) is 2. The van der Waals surface area contributed by atoms with Gasteiger partial charge in [-0.25, -0.2) is 0 Å². The minimum atomic E-state index is -1.00. The van der Waals surface area contributed by atoms with E-state index in [-0.39, 0.29) is 24.6 Å². The normalized spacial score (nSPS) is 18.4. The van der Waals surface area contributed by atoms with Gasteiger partial charge in [0.1, 0.15) is 0 Å². The number of carboxylic acid groups (broad SMARTS) is 1. The van der Waals surface area contributed by atoms with E-state index in [4.69, 9.17) is 5.11 Å². The van der Waals surface area contributed by atoms with Crippen LogP contribution < -0.4 is 4.90 Å². The van der Waals surface area contributed by atoms with Gasteiger partial charge in [0.2, 0.25) is 5.91 Å². The van der Waals surface area contributed by atoms with Crippen molar-refractivity contribution in [3.63, 3.8) is 0 Å². The lowest BCUT2D eigenvalue weighted by molar-refractivity contribution is -0.384. The molecule has 2 rings (SSSR count). The zero-order chi connectivity index (χ0) is 15.0. The molecule has 1 amide bonds. The van der Waals surface area contributed by atoms with Crippen molar-refractivity contribution >= 4 is 23.3 Å². The number of carbonyl (C=O) groups excluding carboxylic acids is 1. The van der Waals surface area contributed by atoms with Crippen molar-refractivity contribution in [1.82, 2.24) is 0 Å². The molecule has 1 aliphatic heterocycles. The van der Waals surface area contributed by atoms with Crippen molar-refractivity contribution < 1.29 is 19.6 Å². The Hall–Kier alpha value is -2.44. The molecule has 1 atom stereocenters. The average molecular weight is 278 g/mol. The molecule has 1 aromatic rings. The van der Waals surface area contributed by atoms with E-state index in [0.717, 1.165) is 0 Å². The highest BCUT2D eigenvalue weighted by atomic mass is 16.6. The van der Waals surface area contributed by atoms with Crippen LogP contribution in [-0.2, 0) is 9.59 Å². The Morgan fingerprint density at radius 3 is 2.35 bits per heavy atom. The lowest BCUT2D eigenvalue weighted by Crippen LogP contribution is -2.27. The second-order valence-corrected chi connectivity index (χ2v) is 4.93. The van der Waals surface area contributed by atoms with Gasteiger partial charge in [0.25, 0.3) is 5.69 Å². The van der Waals surface area contributed by atoms with Gasteiger partial charge in [-0.2, -0.15) is 0 Å². The van der Waals surface area contributed by atoms with Crippen molar-refractivity contribution in [2.45, 2.75) is 20.3 Å². The third-order valence-corrected chi connectivity index (χ3v) is 3.43. The molecule has 20 heavy (non-hydrogen) atoms. The number of hydrogen-bond acceptors (Lipinski definition) is 4. The smallest absolute Gasteiger partial charge is 0.308 e. The number of carbonyl (C=O) groups is 2. The predicted molar refractivity (Wildman–Crippen MR) is 70.7 cm³/mol. The Morgan fingerprint density at radius 2 is 1.95 bits per heavy atom. The maximum atomic E-state index is 11.9. The van der Waals surface area contributed by atoms with E-state index in [9.17, 15) is 19.7 Å². The van der Waals surface area contributed by atoms with E-state index < -0.39 is 16.8 Å². The maximum Gasteiger partial charge on any atom is 0.308 e. The van der Waals surface area contributed by atoms with E-state index in [2.05, 4.69) is 0 Å². The van der Waals surface area contributed by atoms with Crippen molar-refractivity contribution in [2.75, 3.05) is 11.4 Å². The summed E-state index contributed by atoms with van der Waals surface area (Å²) in [5.41, 5.74) is 1.72. The van der Waals surface area contributed by atoms with Crippen molar-refractivity contribution in [2.24, 2.45) is 5.92 Å². The summed E-state index contributed by atoms with van der Waals surface area (Å²) in [5, 5.41) is 19.8. The van der Waals surface area contributed by atoms with Gasteiger partial charge in [0.15, 0.2) is 0 Å². The maximum absolute atomic E-state index is 11.9. The molecule has 0 spiro atoms. The summed E-state index contributed by atoms with van der Waals surface area (Å²) in [7, 11) is 0. The van der Waals surface area contributed by atoms with Gasteiger partial charge in [0, 0.05) is 30.8 Å². The minimum absolute atomic E-state index is 0.0365. The van der Waals surface area contributed by atoms with Crippen molar-refractivity contribution in [1.29, 1.82) is 0 Å². The monoisotopic (exact) mass is 278 g/mol. The molecule has 1 heterocycles. The highest BCUT2D eigenvalue weighted by molar-refractivity contribution is 6.00. The summed E-state index contributed by atoms with van der Waals surface area (Å²) in [5.74, 6) is -1.99. The fraction of sp³-hybridized carbons (Fsp3) is 0.385. The Bertz CT molecular complexity index is 588. The number of aliphatic carboxylic acids is 1. The van der Waals surface area contributed by atoms with Crippen LogP contribution in [0.25, 0.3) is 0 Å². The molecule has 1 aromatic carbocycles. The number of non-ortho nitro benzene ring substituents is 1. The molecule has 1 aliphatic rings. The molecule has 1 fully saturated rings. The van der Waals surface area contributed by atoms with Crippen LogP contribution in [0, 0.1) is 29.9 Å². The number of hydrogen-bond donors (Lipinski definition) is 1. The van der Waals surface area contributed by atoms with E-state index >= 15 is 0 Å². The largest absolute Gasteiger partial charge is 0.481 e. The first-order valence-corrected chi connectivity index (χ1v) is 6.10. The molecule has 0 bridgehead atoms. The summed E-state index contributed by atoms with van der Waals surface area (Å²) >= 11 is 0. The van der Waals surface area contributed by atoms with Crippen LogP contribution in [0.1, 0.15) is 17.5 Å². The first kappa shape index (κ1) is 14.0. The first-order valence-electron chi connectivity index (χ1n) is 6.10. The molecule has 0 aliphatic carbocycles. The van der Waals surface area contributed by atoms with Gasteiger partial charge >= 0.3 is 5.97 Å². The summed E-state index contributed by atoms with van der Waals surface area (Å²) in [6, 6.07) is 2.79. The minimum Gasteiger partial charge on any atom is -0.481 e. The lowest BCUT2D eigenvalue weighted by atomic mass is 10.1. The second kappa shape index (κ2) is 4.92. The van der Waals surface area contributed by atoms with Crippen LogP contribution in [0.3, 0.4) is 0 Å². The molecule has 0 radical (unpaired) electrons. The Labute approximate surface area is 115 Å². The van der Waals surface area contributed by atoms with Crippen LogP contribution in [0.5, 0.6) is 0 Å². The van der Waals surface area contributed by atoms with Gasteiger partial charge < -0.3 is 10.0 Å². The number of aryl methyl sites for hydroxylation is 2. The molecule has 0 saturated carbocycles. The summed E-state index contributed by atoms with van der Waals surface area (Å²) in [6.45, 7) is 3.46. The van der Waals surface area contributed by atoms with Crippen LogP contribution in [0.4, 0.5) is 11.4 Å². The molecular weight excluding hydrogens is 264 g/mol. The fourth-order valence-electron chi connectivity index (χ4n) is 2.55. The second-order valence-electron chi connectivity index (χ2n) is 4.93. The topological polar surface area (TPSA) is 101 Å². The molecule has 7 heteroatoms. The predicted octanol–water partition coefficient (Wildman–Crippen LogP) is 1.65. The Morgan fingerprint density at radius 1 is 1.40 bits per heavy atom. The van der Waals surface area contributed by atoms with Crippen LogP contribution in [0.15, 0.2) is 12.1 Å². The highest BCUT2D eigenvalue weighted by Gasteiger charge is 2.36. The highest BCUT2D eigenvalue weighted by Crippen LogP contribution is 2.33. The molecule has 7 nitrogen and oxygen atoms in total. The van der Waals surface area contributed by atoms with E-state index in [1.54, 1.807) is 13.8 Å². The van der Waals surface area contributed by atoms with Crippen LogP contribution in [0.2, 0.25) is 0 Å². The molecule has 106 valence electrons. The number of rotatable bonds is 3. The van der Waals surface area contributed by atoms with Crippen LogP contribution in [-0.4, -0.2) is 28.5 Å². The molecule has 1 N–H and O–H groups in total. The van der Waals surface area contributed by atoms with Gasteiger partial charge in [-0.3, -0.25) is 19.7 Å². The van der Waals surface area contributed by atoms with E-state index in [1.165, 1.54) is 17.0 Å². The van der Waals surface area contributed by atoms with Crippen molar-refractivity contribution in [3.8, 4) is 0 Å². The standard InChI is InChI=1S/C13H14N2O5/c1-7-3-10(15(19)20)4-8(2)12(7)14-6-9(13(17)18)5-11(14)16/h3-4,9H,5-6H2,1-2H3,(H,17,18). The van der Waals surface area contributed by atoms with Gasteiger partial charge in [-0.15, -0.1) is 0 Å². The van der Waals surface area contributed by atoms with Crippen LogP contribution >= 0.6 is 0 Å². The van der Waals surface area contributed by atoms with E-state index in [1.807, 2.05) is 0 Å². The lowest BCUT2D eigenvalue weighted by Gasteiger charge is -2.21. The fourth-order valence-corrected chi connectivity index (χ4v) is 2.55.